The maximum atomic E-state index is 14.2. The molecule has 0 radical (unpaired) electrons. The van der Waals surface area contributed by atoms with Crippen molar-refractivity contribution >= 4 is 16.5 Å². The summed E-state index contributed by atoms with van der Waals surface area (Å²) >= 11 is 0. The number of hydrogen-bond acceptors (Lipinski definition) is 3. The van der Waals surface area contributed by atoms with E-state index in [9.17, 15) is 23.1 Å². The van der Waals surface area contributed by atoms with E-state index in [1.807, 2.05) is 19.9 Å². The molecule has 0 amide bonds. The first kappa shape index (κ1) is 20.5. The van der Waals surface area contributed by atoms with Gasteiger partial charge in [0.05, 0.1) is 6.04 Å². The minimum absolute atomic E-state index is 0.174. The van der Waals surface area contributed by atoms with Crippen LogP contribution in [-0.4, -0.2) is 21.9 Å². The lowest BCUT2D eigenvalue weighted by molar-refractivity contribution is -0.269. The monoisotopic (exact) mass is 416 g/mol. The fourth-order valence-corrected chi connectivity index (χ4v) is 4.41. The van der Waals surface area contributed by atoms with Gasteiger partial charge in [0, 0.05) is 22.7 Å². The minimum Gasteiger partial charge on any atom is -0.379 e. The average molecular weight is 416 g/mol. The number of anilines is 1. The second-order valence-electron chi connectivity index (χ2n) is 8.54. The van der Waals surface area contributed by atoms with Crippen LogP contribution in [0.15, 0.2) is 59.5 Å². The van der Waals surface area contributed by atoms with Gasteiger partial charge in [-0.15, -0.1) is 0 Å². The molecule has 1 aliphatic rings. The standard InChI is InChI=1S/C23H23F3N2O2/c1-21(2)11-12-22(30,23(24,25)26)19(16-6-3-4-8-17(16)21)28-18-9-5-7-15-14(18)10-13-27-20(15)29/h3-10,13,19,28,30H,11-12H2,1-2H3,(H,27,29). The number of rotatable bonds is 2. The average Bonchev–Trinajstić information content (AvgIpc) is 2.78. The van der Waals surface area contributed by atoms with Crippen LogP contribution >= 0.6 is 0 Å². The summed E-state index contributed by atoms with van der Waals surface area (Å²) in [6.07, 6.45) is -3.66. The van der Waals surface area contributed by atoms with E-state index in [1.54, 1.807) is 42.5 Å². The van der Waals surface area contributed by atoms with E-state index in [-0.39, 0.29) is 12.0 Å². The largest absolute Gasteiger partial charge is 0.419 e. The summed E-state index contributed by atoms with van der Waals surface area (Å²) in [7, 11) is 0. The summed E-state index contributed by atoms with van der Waals surface area (Å²) in [5, 5.41) is 14.9. The lowest BCUT2D eigenvalue weighted by Gasteiger charge is -2.38. The number of alkyl halides is 3. The van der Waals surface area contributed by atoms with Gasteiger partial charge in [-0.25, -0.2) is 0 Å². The van der Waals surface area contributed by atoms with E-state index >= 15 is 0 Å². The highest BCUT2D eigenvalue weighted by atomic mass is 19.4. The van der Waals surface area contributed by atoms with Gasteiger partial charge in [-0.2, -0.15) is 13.2 Å². The molecule has 7 heteroatoms. The number of hydrogen-bond donors (Lipinski definition) is 3. The van der Waals surface area contributed by atoms with Gasteiger partial charge in [-0.1, -0.05) is 44.2 Å². The highest BCUT2D eigenvalue weighted by molar-refractivity contribution is 5.93. The number of aliphatic hydroxyl groups is 1. The second kappa shape index (κ2) is 6.87. The fourth-order valence-electron chi connectivity index (χ4n) is 4.41. The molecule has 2 atom stereocenters. The Bertz CT molecular complexity index is 1150. The van der Waals surface area contributed by atoms with Crippen LogP contribution in [0.4, 0.5) is 18.9 Å². The van der Waals surface area contributed by atoms with Crippen molar-refractivity contribution in [3.8, 4) is 0 Å². The van der Waals surface area contributed by atoms with Gasteiger partial charge in [0.2, 0.25) is 0 Å². The molecule has 4 nitrogen and oxygen atoms in total. The van der Waals surface area contributed by atoms with Crippen molar-refractivity contribution in [1.29, 1.82) is 0 Å². The highest BCUT2D eigenvalue weighted by Gasteiger charge is 2.60. The molecular formula is C23H23F3N2O2. The van der Waals surface area contributed by atoms with E-state index < -0.39 is 29.7 Å². The zero-order chi connectivity index (χ0) is 21.7. The zero-order valence-corrected chi connectivity index (χ0v) is 16.7. The Morgan fingerprint density at radius 1 is 1.03 bits per heavy atom. The minimum atomic E-state index is -4.85. The normalized spacial score (nSPS) is 23.6. The molecule has 3 aromatic rings. The summed E-state index contributed by atoms with van der Waals surface area (Å²) in [5.74, 6) is 0. The predicted molar refractivity (Wildman–Crippen MR) is 111 cm³/mol. The van der Waals surface area contributed by atoms with E-state index in [0.29, 0.717) is 22.0 Å². The first-order valence-corrected chi connectivity index (χ1v) is 9.80. The van der Waals surface area contributed by atoms with Crippen molar-refractivity contribution in [2.24, 2.45) is 0 Å². The number of aromatic amines is 1. The number of H-pyrrole nitrogens is 1. The van der Waals surface area contributed by atoms with Crippen molar-refractivity contribution in [3.63, 3.8) is 0 Å². The van der Waals surface area contributed by atoms with Gasteiger partial charge in [-0.05, 0) is 47.6 Å². The quantitative estimate of drug-likeness (QED) is 0.513. The number of fused-ring (bicyclic) bond motifs is 2. The van der Waals surface area contributed by atoms with Crippen molar-refractivity contribution in [3.05, 3.63) is 76.2 Å². The van der Waals surface area contributed by atoms with Crippen molar-refractivity contribution < 1.29 is 18.3 Å². The topological polar surface area (TPSA) is 65.1 Å². The molecular weight excluding hydrogens is 393 g/mol. The van der Waals surface area contributed by atoms with E-state index in [0.717, 1.165) is 5.56 Å². The third-order valence-corrected chi connectivity index (χ3v) is 6.22. The molecule has 0 aliphatic heterocycles. The summed E-state index contributed by atoms with van der Waals surface area (Å²) in [4.78, 5) is 14.7. The molecule has 2 aromatic carbocycles. The molecule has 0 spiro atoms. The number of pyridine rings is 1. The zero-order valence-electron chi connectivity index (χ0n) is 16.7. The van der Waals surface area contributed by atoms with E-state index in [2.05, 4.69) is 10.3 Å². The maximum Gasteiger partial charge on any atom is 0.419 e. The van der Waals surface area contributed by atoms with Gasteiger partial charge in [-0.3, -0.25) is 4.79 Å². The first-order chi connectivity index (χ1) is 14.0. The Morgan fingerprint density at radius 3 is 2.50 bits per heavy atom. The van der Waals surface area contributed by atoms with Crippen LogP contribution in [0.5, 0.6) is 0 Å². The van der Waals surface area contributed by atoms with E-state index in [1.165, 1.54) is 6.20 Å². The number of aromatic nitrogens is 1. The molecule has 1 aromatic heterocycles. The molecule has 30 heavy (non-hydrogen) atoms. The molecule has 158 valence electrons. The molecule has 0 fully saturated rings. The Labute approximate surface area is 171 Å². The Balaban J connectivity index is 1.95. The van der Waals surface area contributed by atoms with Gasteiger partial charge in [0.15, 0.2) is 5.60 Å². The summed E-state index contributed by atoms with van der Waals surface area (Å²) < 4.78 is 42.7. The molecule has 0 saturated heterocycles. The van der Waals surface area contributed by atoms with Gasteiger partial charge in [0.25, 0.3) is 5.56 Å². The number of nitrogens with one attached hydrogen (secondary N) is 2. The molecule has 1 aliphatic carbocycles. The molecule has 3 N–H and O–H groups in total. The van der Waals surface area contributed by atoms with E-state index in [4.69, 9.17) is 0 Å². The SMILES string of the molecule is CC1(C)CCC(O)(C(F)(F)F)C(Nc2cccc3c(=O)[nH]ccc23)c2ccccc21. The van der Waals surface area contributed by atoms with Crippen LogP contribution in [-0.2, 0) is 5.41 Å². The van der Waals surface area contributed by atoms with Gasteiger partial charge >= 0.3 is 6.18 Å². The van der Waals surface area contributed by atoms with Gasteiger partial charge < -0.3 is 15.4 Å². The van der Waals surface area contributed by atoms with Gasteiger partial charge in [0.1, 0.15) is 0 Å². The van der Waals surface area contributed by atoms with Crippen LogP contribution in [0.2, 0.25) is 0 Å². The highest BCUT2D eigenvalue weighted by Crippen LogP contribution is 2.51. The third kappa shape index (κ3) is 3.17. The second-order valence-corrected chi connectivity index (χ2v) is 8.54. The smallest absolute Gasteiger partial charge is 0.379 e. The van der Waals surface area contributed by atoms with Crippen molar-refractivity contribution in [2.75, 3.05) is 5.32 Å². The van der Waals surface area contributed by atoms with Crippen LogP contribution in [0.25, 0.3) is 10.8 Å². The molecule has 1 heterocycles. The predicted octanol–water partition coefficient (Wildman–Crippen LogP) is 5.05. The molecule has 0 bridgehead atoms. The number of halogens is 3. The summed E-state index contributed by atoms with van der Waals surface area (Å²) in [5.41, 5.74) is -2.31. The van der Waals surface area contributed by atoms with Crippen LogP contribution in [0.1, 0.15) is 43.9 Å². The summed E-state index contributed by atoms with van der Waals surface area (Å²) in [6.45, 7) is 3.78. The molecule has 4 rings (SSSR count). The Morgan fingerprint density at radius 2 is 1.77 bits per heavy atom. The van der Waals surface area contributed by atoms with Crippen LogP contribution < -0.4 is 10.9 Å². The maximum absolute atomic E-state index is 14.2. The Hall–Kier alpha value is -2.80. The third-order valence-electron chi connectivity index (χ3n) is 6.22. The molecule has 0 saturated carbocycles. The van der Waals surface area contributed by atoms with Crippen LogP contribution in [0, 0.1) is 0 Å². The van der Waals surface area contributed by atoms with Crippen molar-refractivity contribution in [2.45, 2.75) is 49.9 Å². The lowest BCUT2D eigenvalue weighted by atomic mass is 9.79. The lowest BCUT2D eigenvalue weighted by Crippen LogP contribution is -2.52. The summed E-state index contributed by atoms with van der Waals surface area (Å²) in [6, 6.07) is 12.0. The fraction of sp³-hybridized carbons (Fsp3) is 0.348. The van der Waals surface area contributed by atoms with Crippen molar-refractivity contribution in [1.82, 2.24) is 4.98 Å². The number of benzene rings is 2. The van der Waals surface area contributed by atoms with Crippen LogP contribution in [0.3, 0.4) is 0 Å². The molecule has 2 unspecified atom stereocenters. The Kier molecular flexibility index (Phi) is 4.69. The first-order valence-electron chi connectivity index (χ1n) is 9.80.